The fraction of sp³-hybridized carbons (Fsp3) is 0.375. The van der Waals surface area contributed by atoms with Crippen LogP contribution in [0, 0.1) is 11.6 Å². The highest BCUT2D eigenvalue weighted by molar-refractivity contribution is 5.68. The zero-order chi connectivity index (χ0) is 17.3. The lowest BCUT2D eigenvalue weighted by Gasteiger charge is -2.38. The van der Waals surface area contributed by atoms with Crippen molar-refractivity contribution in [3.05, 3.63) is 57.6 Å². The third-order valence-corrected chi connectivity index (χ3v) is 4.29. The van der Waals surface area contributed by atoms with Gasteiger partial charge in [0.2, 0.25) is 0 Å². The summed E-state index contributed by atoms with van der Waals surface area (Å²) in [6, 6.07) is 4.40. The van der Waals surface area contributed by atoms with E-state index in [1.54, 1.807) is 0 Å². The highest BCUT2D eigenvalue weighted by atomic mass is 19.2. The Kier molecular flexibility index (Phi) is 4.37. The van der Waals surface area contributed by atoms with E-state index >= 15 is 0 Å². The fourth-order valence-corrected chi connectivity index (χ4v) is 3.09. The third kappa shape index (κ3) is 3.04. The Bertz CT molecular complexity index is 801. The van der Waals surface area contributed by atoms with E-state index in [9.17, 15) is 18.4 Å². The summed E-state index contributed by atoms with van der Waals surface area (Å²) >= 11 is 0. The number of piperidine rings is 1. The van der Waals surface area contributed by atoms with Gasteiger partial charge in [-0.15, -0.1) is 0 Å². The number of hydrogen-bond acceptors (Lipinski definition) is 4. The van der Waals surface area contributed by atoms with Gasteiger partial charge < -0.3 is 14.2 Å². The van der Waals surface area contributed by atoms with Crippen LogP contribution in [-0.2, 0) is 4.74 Å². The first kappa shape index (κ1) is 16.2. The molecule has 0 aliphatic carbocycles. The third-order valence-electron chi connectivity index (χ3n) is 4.29. The summed E-state index contributed by atoms with van der Waals surface area (Å²) in [6.07, 6.45) is 0.426. The molecule has 3 rings (SSSR count). The molecule has 8 heteroatoms. The van der Waals surface area contributed by atoms with Crippen LogP contribution in [0.3, 0.4) is 0 Å². The van der Waals surface area contributed by atoms with Crippen LogP contribution in [0.1, 0.15) is 36.1 Å². The lowest BCUT2D eigenvalue weighted by molar-refractivity contribution is 0.0813. The van der Waals surface area contributed by atoms with Gasteiger partial charge in [0.05, 0.1) is 13.2 Å². The summed E-state index contributed by atoms with van der Waals surface area (Å²) in [4.78, 5) is 24.7. The highest BCUT2D eigenvalue weighted by Gasteiger charge is 2.35. The number of nitrogens with zero attached hydrogens (tertiary/aromatic N) is 1. The molecule has 1 aromatic heterocycles. The van der Waals surface area contributed by atoms with E-state index in [-0.39, 0.29) is 11.5 Å². The Labute approximate surface area is 136 Å². The first-order valence-electron chi connectivity index (χ1n) is 7.47. The molecule has 1 amide bonds. The fourth-order valence-electron chi connectivity index (χ4n) is 3.09. The van der Waals surface area contributed by atoms with Gasteiger partial charge in [0, 0.05) is 18.5 Å². The van der Waals surface area contributed by atoms with Gasteiger partial charge in [-0.2, -0.15) is 5.16 Å². The van der Waals surface area contributed by atoms with Gasteiger partial charge in [-0.3, -0.25) is 4.79 Å². The number of methoxy groups -OCH3 is 1. The van der Waals surface area contributed by atoms with Crippen LogP contribution in [0.15, 0.2) is 33.6 Å². The molecule has 0 bridgehead atoms. The smallest absolute Gasteiger partial charge is 0.409 e. The largest absolute Gasteiger partial charge is 0.453 e. The van der Waals surface area contributed by atoms with Crippen molar-refractivity contribution in [3.8, 4) is 0 Å². The van der Waals surface area contributed by atoms with E-state index in [0.29, 0.717) is 30.7 Å². The van der Waals surface area contributed by atoms with Crippen molar-refractivity contribution >= 4 is 6.09 Å². The summed E-state index contributed by atoms with van der Waals surface area (Å²) in [5, 5.41) is 2.24. The van der Waals surface area contributed by atoms with Crippen LogP contribution >= 0.6 is 0 Å². The molecule has 1 fully saturated rings. The van der Waals surface area contributed by atoms with Gasteiger partial charge in [-0.25, -0.2) is 13.6 Å². The Hall–Kier alpha value is -2.64. The van der Waals surface area contributed by atoms with Crippen LogP contribution in [-0.4, -0.2) is 29.8 Å². The van der Waals surface area contributed by atoms with E-state index in [1.165, 1.54) is 24.1 Å². The summed E-state index contributed by atoms with van der Waals surface area (Å²) in [5.41, 5.74) is 0.117. The summed E-state index contributed by atoms with van der Waals surface area (Å²) in [5.74, 6) is -1.57. The SMILES string of the molecule is COC(=O)N1CC[C@@H](c2cc(=O)[nH]o2)C[C@H]1c1ccc(F)c(F)c1. The molecule has 6 nitrogen and oxygen atoms in total. The molecule has 0 spiro atoms. The molecular weight excluding hydrogens is 322 g/mol. The average Bonchev–Trinajstić information content (AvgIpc) is 3.02. The van der Waals surface area contributed by atoms with Gasteiger partial charge in [0.15, 0.2) is 11.6 Å². The predicted molar refractivity (Wildman–Crippen MR) is 79.5 cm³/mol. The molecule has 0 radical (unpaired) electrons. The van der Waals surface area contributed by atoms with E-state index < -0.39 is 23.8 Å². The number of H-pyrrole nitrogens is 1. The lowest BCUT2D eigenvalue weighted by atomic mass is 9.86. The zero-order valence-corrected chi connectivity index (χ0v) is 12.9. The maximum absolute atomic E-state index is 13.6. The number of nitrogens with one attached hydrogen (secondary N) is 1. The second kappa shape index (κ2) is 6.46. The Morgan fingerprint density at radius 2 is 2.12 bits per heavy atom. The normalized spacial score (nSPS) is 20.9. The molecule has 0 unspecified atom stereocenters. The van der Waals surface area contributed by atoms with Crippen LogP contribution in [0.5, 0.6) is 0 Å². The maximum Gasteiger partial charge on any atom is 0.409 e. The quantitative estimate of drug-likeness (QED) is 0.913. The van der Waals surface area contributed by atoms with Crippen molar-refractivity contribution in [3.63, 3.8) is 0 Å². The minimum absolute atomic E-state index is 0.122. The van der Waals surface area contributed by atoms with E-state index in [1.807, 2.05) is 0 Å². The standard InChI is InChI=1S/C16H16F2N2O4/c1-23-16(22)20-5-4-10(14-8-15(21)19-24-14)7-13(20)9-2-3-11(17)12(18)6-9/h2-3,6,8,10,13H,4-5,7H2,1H3,(H,19,21)/t10-,13+/m1/s1. The number of carbonyl (C=O) groups is 1. The molecule has 128 valence electrons. The number of carbonyl (C=O) groups excluding carboxylic acids is 1. The maximum atomic E-state index is 13.6. The molecule has 1 saturated heterocycles. The van der Waals surface area contributed by atoms with Crippen molar-refractivity contribution in [1.82, 2.24) is 10.1 Å². The van der Waals surface area contributed by atoms with Crippen LogP contribution < -0.4 is 5.56 Å². The number of aromatic amines is 1. The lowest BCUT2D eigenvalue weighted by Crippen LogP contribution is -2.40. The molecule has 2 heterocycles. The second-order valence-corrected chi connectivity index (χ2v) is 5.69. The topological polar surface area (TPSA) is 75.5 Å². The number of ether oxygens (including phenoxy) is 1. The Balaban J connectivity index is 1.93. The molecule has 2 atom stereocenters. The number of hydrogen-bond donors (Lipinski definition) is 1. The highest BCUT2D eigenvalue weighted by Crippen LogP contribution is 2.39. The number of likely N-dealkylation sites (tertiary alicyclic amines) is 1. The minimum atomic E-state index is -0.979. The molecule has 24 heavy (non-hydrogen) atoms. The Morgan fingerprint density at radius 3 is 2.75 bits per heavy atom. The first-order chi connectivity index (χ1) is 11.5. The summed E-state index contributed by atoms with van der Waals surface area (Å²) in [7, 11) is 1.27. The van der Waals surface area contributed by atoms with E-state index in [2.05, 4.69) is 5.16 Å². The molecular formula is C16H16F2N2O4. The van der Waals surface area contributed by atoms with Crippen LogP contribution in [0.25, 0.3) is 0 Å². The van der Waals surface area contributed by atoms with Gasteiger partial charge in [-0.1, -0.05) is 6.07 Å². The van der Waals surface area contributed by atoms with Crippen LogP contribution in [0.4, 0.5) is 13.6 Å². The molecule has 1 aliphatic rings. The number of aromatic nitrogens is 1. The molecule has 1 aromatic carbocycles. The van der Waals surface area contributed by atoms with Gasteiger partial charge in [0.1, 0.15) is 5.76 Å². The van der Waals surface area contributed by atoms with Crippen molar-refractivity contribution in [2.24, 2.45) is 0 Å². The first-order valence-corrected chi connectivity index (χ1v) is 7.47. The van der Waals surface area contributed by atoms with Gasteiger partial charge in [-0.05, 0) is 30.5 Å². The molecule has 1 aliphatic heterocycles. The van der Waals surface area contributed by atoms with Crippen LogP contribution in [0.2, 0.25) is 0 Å². The molecule has 2 aromatic rings. The van der Waals surface area contributed by atoms with Gasteiger partial charge in [0.25, 0.3) is 5.56 Å². The van der Waals surface area contributed by atoms with Crippen molar-refractivity contribution in [2.45, 2.75) is 24.8 Å². The van der Waals surface area contributed by atoms with E-state index in [4.69, 9.17) is 9.26 Å². The van der Waals surface area contributed by atoms with Gasteiger partial charge >= 0.3 is 6.09 Å². The van der Waals surface area contributed by atoms with Crippen molar-refractivity contribution in [2.75, 3.05) is 13.7 Å². The van der Waals surface area contributed by atoms with Crippen molar-refractivity contribution in [1.29, 1.82) is 0 Å². The summed E-state index contributed by atoms with van der Waals surface area (Å²) < 4.78 is 36.7. The number of halogens is 2. The number of amides is 1. The summed E-state index contributed by atoms with van der Waals surface area (Å²) in [6.45, 7) is 0.343. The Morgan fingerprint density at radius 1 is 1.33 bits per heavy atom. The molecule has 0 saturated carbocycles. The molecule has 1 N–H and O–H groups in total. The zero-order valence-electron chi connectivity index (χ0n) is 12.9. The van der Waals surface area contributed by atoms with E-state index in [0.717, 1.165) is 12.1 Å². The predicted octanol–water partition coefficient (Wildman–Crippen LogP) is 2.93. The minimum Gasteiger partial charge on any atom is -0.453 e. The number of benzene rings is 1. The van der Waals surface area contributed by atoms with Crippen molar-refractivity contribution < 1.29 is 22.8 Å². The monoisotopic (exact) mass is 338 g/mol. The second-order valence-electron chi connectivity index (χ2n) is 5.69. The number of rotatable bonds is 2. The average molecular weight is 338 g/mol.